The molecular weight excluding hydrogens is 146 g/mol. The van der Waals surface area contributed by atoms with Gasteiger partial charge in [0.25, 0.3) is 0 Å². The quantitative estimate of drug-likeness (QED) is 0.586. The number of hydrogen-bond donors (Lipinski definition) is 0. The SMILES string of the molecule is CC.CC(C)C1CC(C)N(C)C1. The Balaban J connectivity index is 0.000000561. The molecule has 0 saturated carbocycles. The summed E-state index contributed by atoms with van der Waals surface area (Å²) < 4.78 is 0. The summed E-state index contributed by atoms with van der Waals surface area (Å²) in [5.74, 6) is 1.81. The molecule has 0 aromatic rings. The highest BCUT2D eigenvalue weighted by molar-refractivity contribution is 4.81. The average molecular weight is 171 g/mol. The number of rotatable bonds is 1. The summed E-state index contributed by atoms with van der Waals surface area (Å²) >= 11 is 0. The Morgan fingerprint density at radius 3 is 1.92 bits per heavy atom. The molecular formula is C11H25N. The van der Waals surface area contributed by atoms with Crippen LogP contribution in [0.5, 0.6) is 0 Å². The van der Waals surface area contributed by atoms with E-state index >= 15 is 0 Å². The summed E-state index contributed by atoms with van der Waals surface area (Å²) in [5, 5.41) is 0. The Morgan fingerprint density at radius 1 is 1.25 bits per heavy atom. The first kappa shape index (κ1) is 12.0. The summed E-state index contributed by atoms with van der Waals surface area (Å²) in [4.78, 5) is 2.46. The van der Waals surface area contributed by atoms with Crippen LogP contribution in [-0.2, 0) is 0 Å². The van der Waals surface area contributed by atoms with Crippen LogP contribution >= 0.6 is 0 Å². The van der Waals surface area contributed by atoms with Crippen molar-refractivity contribution in [3.8, 4) is 0 Å². The summed E-state index contributed by atoms with van der Waals surface area (Å²) in [7, 11) is 2.23. The van der Waals surface area contributed by atoms with Crippen molar-refractivity contribution < 1.29 is 0 Å². The van der Waals surface area contributed by atoms with Crippen molar-refractivity contribution in [2.24, 2.45) is 11.8 Å². The summed E-state index contributed by atoms with van der Waals surface area (Å²) in [6.07, 6.45) is 1.40. The third kappa shape index (κ3) is 3.14. The average Bonchev–Trinajstić information content (AvgIpc) is 2.36. The Hall–Kier alpha value is -0.0400. The molecule has 0 spiro atoms. The maximum atomic E-state index is 2.46. The van der Waals surface area contributed by atoms with E-state index < -0.39 is 0 Å². The van der Waals surface area contributed by atoms with Gasteiger partial charge in [0.1, 0.15) is 0 Å². The van der Waals surface area contributed by atoms with E-state index in [2.05, 4.69) is 32.7 Å². The van der Waals surface area contributed by atoms with E-state index in [1.165, 1.54) is 13.0 Å². The lowest BCUT2D eigenvalue weighted by atomic mass is 9.94. The van der Waals surface area contributed by atoms with E-state index in [0.717, 1.165) is 17.9 Å². The van der Waals surface area contributed by atoms with Crippen LogP contribution in [0.3, 0.4) is 0 Å². The molecule has 1 saturated heterocycles. The van der Waals surface area contributed by atoms with Gasteiger partial charge in [-0.1, -0.05) is 27.7 Å². The fourth-order valence-electron chi connectivity index (χ4n) is 1.73. The molecule has 74 valence electrons. The lowest BCUT2D eigenvalue weighted by Gasteiger charge is -2.13. The fraction of sp³-hybridized carbons (Fsp3) is 1.00. The van der Waals surface area contributed by atoms with Crippen LogP contribution in [-0.4, -0.2) is 24.5 Å². The van der Waals surface area contributed by atoms with Crippen LogP contribution in [0.2, 0.25) is 0 Å². The van der Waals surface area contributed by atoms with Gasteiger partial charge in [0.05, 0.1) is 0 Å². The molecule has 1 nitrogen and oxygen atoms in total. The third-order valence-corrected chi connectivity index (χ3v) is 2.86. The zero-order valence-corrected chi connectivity index (χ0v) is 9.59. The Kier molecular flexibility index (Phi) is 5.56. The first-order valence-corrected chi connectivity index (χ1v) is 5.31. The molecule has 0 aliphatic carbocycles. The first-order valence-electron chi connectivity index (χ1n) is 5.31. The molecule has 1 aliphatic rings. The second-order valence-electron chi connectivity index (χ2n) is 4.03. The van der Waals surface area contributed by atoms with Crippen LogP contribution in [0.1, 0.15) is 41.0 Å². The second-order valence-corrected chi connectivity index (χ2v) is 4.03. The van der Waals surface area contributed by atoms with Gasteiger partial charge in [-0.15, -0.1) is 0 Å². The number of likely N-dealkylation sites (tertiary alicyclic amines) is 1. The largest absolute Gasteiger partial charge is 0.303 e. The van der Waals surface area contributed by atoms with Crippen molar-refractivity contribution in [2.75, 3.05) is 13.6 Å². The number of nitrogens with zero attached hydrogens (tertiary/aromatic N) is 1. The molecule has 0 aromatic carbocycles. The van der Waals surface area contributed by atoms with E-state index in [9.17, 15) is 0 Å². The predicted molar refractivity (Wildman–Crippen MR) is 56.4 cm³/mol. The Bertz CT molecular complexity index is 99.6. The normalized spacial score (nSPS) is 30.2. The minimum Gasteiger partial charge on any atom is -0.303 e. The molecule has 0 radical (unpaired) electrons. The van der Waals surface area contributed by atoms with Gasteiger partial charge in [-0.05, 0) is 32.2 Å². The van der Waals surface area contributed by atoms with Gasteiger partial charge in [-0.25, -0.2) is 0 Å². The fourth-order valence-corrected chi connectivity index (χ4v) is 1.73. The van der Waals surface area contributed by atoms with E-state index in [1.54, 1.807) is 0 Å². The number of hydrogen-bond acceptors (Lipinski definition) is 1. The van der Waals surface area contributed by atoms with Gasteiger partial charge in [0.2, 0.25) is 0 Å². The maximum Gasteiger partial charge on any atom is 0.00672 e. The summed E-state index contributed by atoms with van der Waals surface area (Å²) in [6, 6.07) is 0.812. The minimum absolute atomic E-state index is 0.812. The maximum absolute atomic E-state index is 2.46. The van der Waals surface area contributed by atoms with Crippen molar-refractivity contribution >= 4 is 0 Å². The van der Waals surface area contributed by atoms with Crippen molar-refractivity contribution in [1.82, 2.24) is 4.90 Å². The van der Waals surface area contributed by atoms with Gasteiger partial charge in [-0.2, -0.15) is 0 Å². The van der Waals surface area contributed by atoms with Crippen molar-refractivity contribution in [1.29, 1.82) is 0 Å². The van der Waals surface area contributed by atoms with Gasteiger partial charge >= 0.3 is 0 Å². The molecule has 12 heavy (non-hydrogen) atoms. The van der Waals surface area contributed by atoms with Gasteiger partial charge in [-0.3, -0.25) is 0 Å². The zero-order chi connectivity index (χ0) is 9.72. The Morgan fingerprint density at radius 2 is 1.75 bits per heavy atom. The summed E-state index contributed by atoms with van der Waals surface area (Å²) in [5.41, 5.74) is 0. The van der Waals surface area contributed by atoms with E-state index in [1.807, 2.05) is 13.8 Å². The molecule has 1 fully saturated rings. The molecule has 0 amide bonds. The molecule has 1 aliphatic heterocycles. The monoisotopic (exact) mass is 171 g/mol. The summed E-state index contributed by atoms with van der Waals surface area (Å²) in [6.45, 7) is 12.3. The standard InChI is InChI=1S/C9H19N.C2H6/c1-7(2)9-5-8(3)10(4)6-9;1-2/h7-9H,5-6H2,1-4H3;1-2H3. The molecule has 1 rings (SSSR count). The van der Waals surface area contributed by atoms with Gasteiger partial charge in [0.15, 0.2) is 0 Å². The molecule has 0 bridgehead atoms. The molecule has 0 aromatic heterocycles. The zero-order valence-electron chi connectivity index (χ0n) is 9.59. The van der Waals surface area contributed by atoms with Crippen LogP contribution in [0, 0.1) is 11.8 Å². The van der Waals surface area contributed by atoms with Crippen molar-refractivity contribution in [3.63, 3.8) is 0 Å². The van der Waals surface area contributed by atoms with Crippen molar-refractivity contribution in [3.05, 3.63) is 0 Å². The Labute approximate surface area is 78.1 Å². The van der Waals surface area contributed by atoms with Crippen LogP contribution < -0.4 is 0 Å². The highest BCUT2D eigenvalue weighted by Crippen LogP contribution is 2.26. The van der Waals surface area contributed by atoms with Crippen molar-refractivity contribution in [2.45, 2.75) is 47.1 Å². The van der Waals surface area contributed by atoms with Crippen LogP contribution in [0.25, 0.3) is 0 Å². The molecule has 0 N–H and O–H groups in total. The lowest BCUT2D eigenvalue weighted by molar-refractivity contribution is 0.315. The topological polar surface area (TPSA) is 3.24 Å². The lowest BCUT2D eigenvalue weighted by Crippen LogP contribution is -2.21. The highest BCUT2D eigenvalue weighted by Gasteiger charge is 2.27. The van der Waals surface area contributed by atoms with E-state index in [-0.39, 0.29) is 0 Å². The van der Waals surface area contributed by atoms with Crippen LogP contribution in [0.4, 0.5) is 0 Å². The molecule has 2 unspecified atom stereocenters. The van der Waals surface area contributed by atoms with Crippen LogP contribution in [0.15, 0.2) is 0 Å². The predicted octanol–water partition coefficient (Wildman–Crippen LogP) is 3.01. The van der Waals surface area contributed by atoms with E-state index in [4.69, 9.17) is 0 Å². The van der Waals surface area contributed by atoms with E-state index in [0.29, 0.717) is 0 Å². The van der Waals surface area contributed by atoms with Gasteiger partial charge in [0, 0.05) is 12.6 Å². The third-order valence-electron chi connectivity index (χ3n) is 2.86. The van der Waals surface area contributed by atoms with Gasteiger partial charge < -0.3 is 4.90 Å². The molecule has 1 heteroatoms. The second kappa shape index (κ2) is 5.58. The smallest absolute Gasteiger partial charge is 0.00672 e. The highest BCUT2D eigenvalue weighted by atomic mass is 15.1. The molecule has 1 heterocycles. The molecule has 2 atom stereocenters. The first-order chi connectivity index (χ1) is 5.61. The minimum atomic E-state index is 0.812.